The van der Waals surface area contributed by atoms with Crippen LogP contribution >= 0.6 is 0 Å². The van der Waals surface area contributed by atoms with Crippen LogP contribution in [0.2, 0.25) is 0 Å². The summed E-state index contributed by atoms with van der Waals surface area (Å²) < 4.78 is 16.6. The van der Waals surface area contributed by atoms with E-state index in [1.54, 1.807) is 7.11 Å². The molecule has 0 radical (unpaired) electrons. The van der Waals surface area contributed by atoms with Crippen LogP contribution in [0.5, 0.6) is 11.5 Å². The lowest BCUT2D eigenvalue weighted by Crippen LogP contribution is -2.43. The minimum atomic E-state index is 0.0919. The fraction of sp³-hybridized carbons (Fsp3) is 0.632. The van der Waals surface area contributed by atoms with Crippen LogP contribution in [0.1, 0.15) is 38.3 Å². The van der Waals surface area contributed by atoms with Crippen molar-refractivity contribution in [2.45, 2.75) is 32.7 Å². The van der Waals surface area contributed by atoms with Gasteiger partial charge in [-0.05, 0) is 31.0 Å². The quantitative estimate of drug-likeness (QED) is 0.741. The van der Waals surface area contributed by atoms with Gasteiger partial charge in [0, 0.05) is 26.1 Å². The van der Waals surface area contributed by atoms with Crippen LogP contribution in [0.3, 0.4) is 0 Å². The number of nitrogens with zero attached hydrogens (tertiary/aromatic N) is 1. The van der Waals surface area contributed by atoms with Crippen LogP contribution in [0, 0.1) is 0 Å². The normalized spacial score (nSPS) is 16.3. The zero-order valence-corrected chi connectivity index (χ0v) is 15.5. The van der Waals surface area contributed by atoms with E-state index in [4.69, 9.17) is 14.2 Å². The van der Waals surface area contributed by atoms with Crippen molar-refractivity contribution < 1.29 is 19.0 Å². The SMILES string of the molecule is CCCC(=O)NCC(c1ccc(OCC)c(OC)c1)N1CCOCC1. The summed E-state index contributed by atoms with van der Waals surface area (Å²) in [5.74, 6) is 1.56. The van der Waals surface area contributed by atoms with Gasteiger partial charge in [0.2, 0.25) is 5.91 Å². The van der Waals surface area contributed by atoms with Gasteiger partial charge in [0.1, 0.15) is 0 Å². The molecule has 0 bridgehead atoms. The lowest BCUT2D eigenvalue weighted by molar-refractivity contribution is -0.121. The Labute approximate surface area is 150 Å². The number of rotatable bonds is 9. The van der Waals surface area contributed by atoms with Crippen molar-refractivity contribution >= 4 is 5.91 Å². The van der Waals surface area contributed by atoms with E-state index in [-0.39, 0.29) is 11.9 Å². The molecule has 0 aliphatic carbocycles. The first-order chi connectivity index (χ1) is 12.2. The van der Waals surface area contributed by atoms with E-state index in [0.717, 1.165) is 36.6 Å². The molecular weight excluding hydrogens is 320 g/mol. The maximum Gasteiger partial charge on any atom is 0.220 e. The Morgan fingerprint density at radius 1 is 1.28 bits per heavy atom. The Hall–Kier alpha value is -1.79. The van der Waals surface area contributed by atoms with Gasteiger partial charge in [-0.25, -0.2) is 0 Å². The number of amides is 1. The van der Waals surface area contributed by atoms with Gasteiger partial charge in [0.05, 0.1) is 33.0 Å². The highest BCUT2D eigenvalue weighted by molar-refractivity contribution is 5.75. The molecule has 140 valence electrons. The van der Waals surface area contributed by atoms with Crippen molar-refractivity contribution in [1.29, 1.82) is 0 Å². The van der Waals surface area contributed by atoms with Crippen molar-refractivity contribution in [1.82, 2.24) is 10.2 Å². The Morgan fingerprint density at radius 2 is 2.04 bits per heavy atom. The molecule has 1 aliphatic rings. The average molecular weight is 350 g/mol. The summed E-state index contributed by atoms with van der Waals surface area (Å²) in [6, 6.07) is 6.10. The first-order valence-electron chi connectivity index (χ1n) is 9.08. The van der Waals surface area contributed by atoms with E-state index < -0.39 is 0 Å². The van der Waals surface area contributed by atoms with Crippen LogP contribution in [-0.2, 0) is 9.53 Å². The van der Waals surface area contributed by atoms with Crippen LogP contribution in [-0.4, -0.2) is 57.4 Å². The first-order valence-corrected chi connectivity index (χ1v) is 9.08. The summed E-state index contributed by atoms with van der Waals surface area (Å²) >= 11 is 0. The summed E-state index contributed by atoms with van der Waals surface area (Å²) in [5, 5.41) is 3.06. The highest BCUT2D eigenvalue weighted by Gasteiger charge is 2.24. The number of ether oxygens (including phenoxy) is 3. The highest BCUT2D eigenvalue weighted by Crippen LogP contribution is 2.32. The molecule has 0 saturated carbocycles. The molecule has 0 spiro atoms. The number of morpholine rings is 1. The minimum absolute atomic E-state index is 0.0919. The maximum atomic E-state index is 11.9. The third kappa shape index (κ3) is 5.61. The fourth-order valence-corrected chi connectivity index (χ4v) is 3.04. The molecular formula is C19H30N2O4. The molecule has 1 amide bonds. The molecule has 6 heteroatoms. The topological polar surface area (TPSA) is 60.0 Å². The molecule has 1 atom stereocenters. The van der Waals surface area contributed by atoms with Crippen molar-refractivity contribution in [2.24, 2.45) is 0 Å². The summed E-state index contributed by atoms with van der Waals surface area (Å²) in [7, 11) is 1.65. The number of nitrogens with one attached hydrogen (secondary N) is 1. The second-order valence-corrected chi connectivity index (χ2v) is 6.06. The Kier molecular flexibility index (Phi) is 8.01. The van der Waals surface area contributed by atoms with Crippen molar-refractivity contribution in [3.63, 3.8) is 0 Å². The van der Waals surface area contributed by atoms with Crippen molar-refractivity contribution in [3.05, 3.63) is 23.8 Å². The van der Waals surface area contributed by atoms with Gasteiger partial charge in [-0.2, -0.15) is 0 Å². The predicted molar refractivity (Wildman–Crippen MR) is 97.2 cm³/mol. The zero-order valence-electron chi connectivity index (χ0n) is 15.5. The molecule has 0 aromatic heterocycles. The third-order valence-corrected chi connectivity index (χ3v) is 4.33. The minimum Gasteiger partial charge on any atom is -0.493 e. The third-order valence-electron chi connectivity index (χ3n) is 4.33. The van der Waals surface area contributed by atoms with Crippen molar-refractivity contribution in [3.8, 4) is 11.5 Å². The van der Waals surface area contributed by atoms with E-state index in [1.165, 1.54) is 0 Å². The van der Waals surface area contributed by atoms with Gasteiger partial charge < -0.3 is 19.5 Å². The predicted octanol–water partition coefficient (Wildman–Crippen LogP) is 2.38. The van der Waals surface area contributed by atoms with Crippen molar-refractivity contribution in [2.75, 3.05) is 46.6 Å². The van der Waals surface area contributed by atoms with Crippen LogP contribution in [0.25, 0.3) is 0 Å². The van der Waals surface area contributed by atoms with Gasteiger partial charge in [0.15, 0.2) is 11.5 Å². The number of carbonyl (C=O) groups is 1. The summed E-state index contributed by atoms with van der Waals surface area (Å²) in [4.78, 5) is 14.3. The largest absolute Gasteiger partial charge is 0.493 e. The molecule has 2 rings (SSSR count). The Balaban J connectivity index is 2.19. The van der Waals surface area contributed by atoms with Gasteiger partial charge >= 0.3 is 0 Å². The highest BCUT2D eigenvalue weighted by atomic mass is 16.5. The standard InChI is InChI=1S/C19H30N2O4/c1-4-6-19(22)20-14-16(21-9-11-24-12-10-21)15-7-8-17(25-5-2)18(13-15)23-3/h7-8,13,16H,4-6,9-12,14H2,1-3H3,(H,20,22). The molecule has 1 heterocycles. The second-order valence-electron chi connectivity index (χ2n) is 6.06. The lowest BCUT2D eigenvalue weighted by atomic mass is 10.0. The Morgan fingerprint density at radius 3 is 2.68 bits per heavy atom. The molecule has 1 N–H and O–H groups in total. The summed E-state index contributed by atoms with van der Waals surface area (Å²) in [6.07, 6.45) is 1.41. The van der Waals surface area contributed by atoms with Crippen LogP contribution < -0.4 is 14.8 Å². The lowest BCUT2D eigenvalue weighted by Gasteiger charge is -2.35. The Bertz CT molecular complexity index is 544. The molecule has 1 aromatic rings. The molecule has 25 heavy (non-hydrogen) atoms. The molecule has 1 aromatic carbocycles. The van der Waals surface area contributed by atoms with E-state index in [2.05, 4.69) is 16.3 Å². The zero-order chi connectivity index (χ0) is 18.1. The molecule has 1 saturated heterocycles. The van der Waals surface area contributed by atoms with E-state index in [1.807, 2.05) is 26.0 Å². The maximum absolute atomic E-state index is 11.9. The molecule has 1 unspecified atom stereocenters. The summed E-state index contributed by atoms with van der Waals surface area (Å²) in [5.41, 5.74) is 1.11. The number of carbonyl (C=O) groups excluding carboxylic acids is 1. The number of benzene rings is 1. The van der Waals surface area contributed by atoms with Gasteiger partial charge in [-0.15, -0.1) is 0 Å². The monoisotopic (exact) mass is 350 g/mol. The van der Waals surface area contributed by atoms with Gasteiger partial charge in [0.25, 0.3) is 0 Å². The number of methoxy groups -OCH3 is 1. The molecule has 1 fully saturated rings. The summed E-state index contributed by atoms with van der Waals surface area (Å²) in [6.45, 7) is 8.27. The van der Waals surface area contributed by atoms with E-state index in [9.17, 15) is 4.79 Å². The number of hydrogen-bond acceptors (Lipinski definition) is 5. The molecule has 1 aliphatic heterocycles. The molecule has 6 nitrogen and oxygen atoms in total. The smallest absolute Gasteiger partial charge is 0.220 e. The van der Waals surface area contributed by atoms with E-state index >= 15 is 0 Å². The number of hydrogen-bond donors (Lipinski definition) is 1. The second kappa shape index (κ2) is 10.3. The first kappa shape index (κ1) is 19.5. The fourth-order valence-electron chi connectivity index (χ4n) is 3.04. The van der Waals surface area contributed by atoms with Gasteiger partial charge in [-0.3, -0.25) is 9.69 Å². The average Bonchev–Trinajstić information content (AvgIpc) is 2.64. The van der Waals surface area contributed by atoms with Crippen LogP contribution in [0.4, 0.5) is 0 Å². The van der Waals surface area contributed by atoms with E-state index in [0.29, 0.717) is 32.8 Å². The van der Waals surface area contributed by atoms with Gasteiger partial charge in [-0.1, -0.05) is 13.0 Å². The van der Waals surface area contributed by atoms with Crippen LogP contribution in [0.15, 0.2) is 18.2 Å².